The van der Waals surface area contributed by atoms with E-state index in [4.69, 9.17) is 4.74 Å². The third-order valence-corrected chi connectivity index (χ3v) is 4.94. The van der Waals surface area contributed by atoms with E-state index < -0.39 is 0 Å². The minimum atomic E-state index is -0.255. The highest BCUT2D eigenvalue weighted by Gasteiger charge is 2.31. The van der Waals surface area contributed by atoms with Gasteiger partial charge in [-0.05, 0) is 63.8 Å². The Morgan fingerprint density at radius 3 is 2.48 bits per heavy atom. The summed E-state index contributed by atoms with van der Waals surface area (Å²) >= 11 is 0. The Morgan fingerprint density at radius 1 is 1.22 bits per heavy atom. The smallest absolute Gasteiger partial charge is 0.191 e. The standard InChI is InChI=1S/C20H31FN4O.HI/c1-3-22-20(24-17-10-12-25(13-11-17)18-6-7-18)23-14-15(2)26-19-8-4-16(21)5-9-19;/h4-5,8-9,15,17-18H,3,6-7,10-14H2,1-2H3,(H2,22,23,24);1H. The summed E-state index contributed by atoms with van der Waals surface area (Å²) in [5.41, 5.74) is 0. The van der Waals surface area contributed by atoms with E-state index in [1.165, 1.54) is 50.9 Å². The molecule has 0 amide bonds. The molecule has 3 rings (SSSR count). The summed E-state index contributed by atoms with van der Waals surface area (Å²) in [6.07, 6.45) is 5.03. The van der Waals surface area contributed by atoms with Crippen LogP contribution < -0.4 is 15.4 Å². The van der Waals surface area contributed by atoms with Crippen LogP contribution in [0.2, 0.25) is 0 Å². The molecule has 0 aromatic heterocycles. The minimum absolute atomic E-state index is 0. The number of hydrogen-bond donors (Lipinski definition) is 2. The van der Waals surface area contributed by atoms with Gasteiger partial charge in [0.1, 0.15) is 17.7 Å². The van der Waals surface area contributed by atoms with Crippen LogP contribution in [-0.4, -0.2) is 55.2 Å². The largest absolute Gasteiger partial charge is 0.489 e. The molecule has 1 aromatic carbocycles. The normalized spacial score (nSPS) is 19.9. The number of ether oxygens (including phenoxy) is 1. The molecule has 0 spiro atoms. The van der Waals surface area contributed by atoms with Crippen LogP contribution in [0.15, 0.2) is 29.3 Å². The van der Waals surface area contributed by atoms with Gasteiger partial charge >= 0.3 is 0 Å². The molecular weight excluding hydrogens is 458 g/mol. The Kier molecular flexibility index (Phi) is 9.08. The van der Waals surface area contributed by atoms with Crippen molar-refractivity contribution in [3.8, 4) is 5.75 Å². The lowest BCUT2D eigenvalue weighted by Gasteiger charge is -2.33. The van der Waals surface area contributed by atoms with Crippen molar-refractivity contribution >= 4 is 29.9 Å². The number of nitrogens with one attached hydrogen (secondary N) is 2. The topological polar surface area (TPSA) is 48.9 Å². The van der Waals surface area contributed by atoms with Crippen LogP contribution in [-0.2, 0) is 0 Å². The number of likely N-dealkylation sites (tertiary alicyclic amines) is 1. The van der Waals surface area contributed by atoms with E-state index >= 15 is 0 Å². The van der Waals surface area contributed by atoms with E-state index in [1.807, 2.05) is 6.92 Å². The Balaban J connectivity index is 0.00000261. The second-order valence-corrected chi connectivity index (χ2v) is 7.29. The summed E-state index contributed by atoms with van der Waals surface area (Å²) in [7, 11) is 0. The van der Waals surface area contributed by atoms with Crippen molar-refractivity contribution in [2.45, 2.75) is 57.7 Å². The van der Waals surface area contributed by atoms with Crippen LogP contribution in [0.5, 0.6) is 5.75 Å². The fraction of sp³-hybridized carbons (Fsp3) is 0.650. The lowest BCUT2D eigenvalue weighted by Crippen LogP contribution is -2.49. The van der Waals surface area contributed by atoms with Crippen molar-refractivity contribution in [3.63, 3.8) is 0 Å². The van der Waals surface area contributed by atoms with Crippen LogP contribution in [0.25, 0.3) is 0 Å². The Bertz CT molecular complexity index is 586. The molecule has 1 atom stereocenters. The summed E-state index contributed by atoms with van der Waals surface area (Å²) in [5, 5.41) is 6.89. The number of rotatable bonds is 7. The van der Waals surface area contributed by atoms with Gasteiger partial charge in [0.05, 0.1) is 6.54 Å². The number of guanidine groups is 1. The van der Waals surface area contributed by atoms with Gasteiger partial charge < -0.3 is 20.3 Å². The third kappa shape index (κ3) is 7.44. The van der Waals surface area contributed by atoms with Crippen molar-refractivity contribution < 1.29 is 9.13 Å². The summed E-state index contributed by atoms with van der Waals surface area (Å²) in [4.78, 5) is 7.30. The maximum atomic E-state index is 13.0. The second-order valence-electron chi connectivity index (χ2n) is 7.29. The Morgan fingerprint density at radius 2 is 1.89 bits per heavy atom. The minimum Gasteiger partial charge on any atom is -0.489 e. The average Bonchev–Trinajstić information content (AvgIpc) is 3.48. The monoisotopic (exact) mass is 490 g/mol. The molecule has 2 fully saturated rings. The second kappa shape index (κ2) is 11.0. The molecule has 1 aromatic rings. The highest BCUT2D eigenvalue weighted by molar-refractivity contribution is 14.0. The molecule has 5 nitrogen and oxygen atoms in total. The van der Waals surface area contributed by atoms with Crippen LogP contribution in [0.3, 0.4) is 0 Å². The number of benzene rings is 1. The fourth-order valence-electron chi connectivity index (χ4n) is 3.36. The van der Waals surface area contributed by atoms with Crippen molar-refractivity contribution in [1.82, 2.24) is 15.5 Å². The van der Waals surface area contributed by atoms with Gasteiger partial charge in [-0.1, -0.05) is 0 Å². The molecule has 1 aliphatic carbocycles. The number of halogens is 2. The highest BCUT2D eigenvalue weighted by Crippen LogP contribution is 2.29. The Hall–Kier alpha value is -1.09. The number of nitrogens with zero attached hydrogens (tertiary/aromatic N) is 2. The molecule has 2 N–H and O–H groups in total. The fourth-order valence-corrected chi connectivity index (χ4v) is 3.36. The van der Waals surface area contributed by atoms with Gasteiger partial charge in [-0.25, -0.2) is 9.38 Å². The molecule has 2 aliphatic rings. The molecule has 1 saturated carbocycles. The van der Waals surface area contributed by atoms with Crippen LogP contribution in [0, 0.1) is 5.82 Å². The van der Waals surface area contributed by atoms with Gasteiger partial charge in [0, 0.05) is 31.7 Å². The van der Waals surface area contributed by atoms with Crippen LogP contribution >= 0.6 is 24.0 Å². The van der Waals surface area contributed by atoms with E-state index in [0.717, 1.165) is 18.5 Å². The van der Waals surface area contributed by atoms with Crippen molar-refractivity contribution in [3.05, 3.63) is 30.1 Å². The van der Waals surface area contributed by atoms with E-state index in [-0.39, 0.29) is 35.9 Å². The lowest BCUT2D eigenvalue weighted by atomic mass is 10.1. The maximum Gasteiger partial charge on any atom is 0.191 e. The highest BCUT2D eigenvalue weighted by atomic mass is 127. The quantitative estimate of drug-likeness (QED) is 0.350. The van der Waals surface area contributed by atoms with Gasteiger partial charge in [0.15, 0.2) is 5.96 Å². The maximum absolute atomic E-state index is 13.0. The van der Waals surface area contributed by atoms with E-state index in [0.29, 0.717) is 18.3 Å². The molecule has 0 radical (unpaired) electrons. The summed E-state index contributed by atoms with van der Waals surface area (Å²) in [6.45, 7) is 7.81. The molecule has 1 saturated heterocycles. The average molecular weight is 490 g/mol. The molecule has 27 heavy (non-hydrogen) atoms. The first-order chi connectivity index (χ1) is 12.6. The van der Waals surface area contributed by atoms with Gasteiger partial charge in [-0.2, -0.15) is 0 Å². The van der Waals surface area contributed by atoms with Gasteiger partial charge in [0.2, 0.25) is 0 Å². The van der Waals surface area contributed by atoms with E-state index in [9.17, 15) is 4.39 Å². The zero-order chi connectivity index (χ0) is 18.4. The van der Waals surface area contributed by atoms with Crippen molar-refractivity contribution in [2.75, 3.05) is 26.2 Å². The number of hydrogen-bond acceptors (Lipinski definition) is 3. The Labute approximate surface area is 179 Å². The zero-order valence-corrected chi connectivity index (χ0v) is 18.6. The van der Waals surface area contributed by atoms with E-state index in [2.05, 4.69) is 27.4 Å². The molecule has 0 bridgehead atoms. The molecule has 1 aliphatic heterocycles. The molecule has 1 heterocycles. The SMILES string of the molecule is CCNC(=NCC(C)Oc1ccc(F)cc1)NC1CCN(C2CC2)CC1.I. The summed E-state index contributed by atoms with van der Waals surface area (Å²) in [5.74, 6) is 1.26. The van der Waals surface area contributed by atoms with Gasteiger partial charge in [-0.3, -0.25) is 0 Å². The third-order valence-electron chi connectivity index (χ3n) is 4.94. The van der Waals surface area contributed by atoms with Gasteiger partial charge in [-0.15, -0.1) is 24.0 Å². The first-order valence-electron chi connectivity index (χ1n) is 9.85. The van der Waals surface area contributed by atoms with Gasteiger partial charge in [0.25, 0.3) is 0 Å². The van der Waals surface area contributed by atoms with Crippen LogP contribution in [0.4, 0.5) is 4.39 Å². The van der Waals surface area contributed by atoms with Crippen molar-refractivity contribution in [1.29, 1.82) is 0 Å². The molecule has 7 heteroatoms. The molecular formula is C20H32FIN4O. The van der Waals surface area contributed by atoms with Crippen LogP contribution in [0.1, 0.15) is 39.5 Å². The molecule has 1 unspecified atom stereocenters. The summed E-state index contributed by atoms with van der Waals surface area (Å²) < 4.78 is 18.8. The number of aliphatic imine (C=N–C) groups is 1. The lowest BCUT2D eigenvalue weighted by molar-refractivity contribution is 0.197. The predicted octanol–water partition coefficient (Wildman–Crippen LogP) is 3.39. The zero-order valence-electron chi connectivity index (χ0n) is 16.3. The number of piperidine rings is 1. The van der Waals surface area contributed by atoms with Crippen molar-refractivity contribution in [2.24, 2.45) is 4.99 Å². The van der Waals surface area contributed by atoms with E-state index in [1.54, 1.807) is 12.1 Å². The first kappa shape index (κ1) is 22.2. The first-order valence-corrected chi connectivity index (χ1v) is 9.85. The predicted molar refractivity (Wildman–Crippen MR) is 119 cm³/mol. The summed E-state index contributed by atoms with van der Waals surface area (Å²) in [6, 6.07) is 7.45. The molecule has 152 valence electrons.